The summed E-state index contributed by atoms with van der Waals surface area (Å²) in [6, 6.07) is 18.8. The molecule has 140 valence electrons. The highest BCUT2D eigenvalue weighted by Gasteiger charge is 2.14. The molecule has 28 heavy (non-hydrogen) atoms. The number of hydrogen-bond acceptors (Lipinski definition) is 6. The van der Waals surface area contributed by atoms with Gasteiger partial charge in [-0.05, 0) is 41.3 Å². The van der Waals surface area contributed by atoms with Crippen LogP contribution in [0.4, 0.5) is 0 Å². The first kappa shape index (κ1) is 17.9. The number of aromatic nitrogens is 2. The van der Waals surface area contributed by atoms with E-state index in [1.165, 1.54) is 11.3 Å². The second-order valence-corrected chi connectivity index (χ2v) is 6.94. The van der Waals surface area contributed by atoms with E-state index < -0.39 is 0 Å². The van der Waals surface area contributed by atoms with Gasteiger partial charge in [0.2, 0.25) is 0 Å². The Kier molecular flexibility index (Phi) is 5.44. The van der Waals surface area contributed by atoms with E-state index in [0.29, 0.717) is 18.9 Å². The molecule has 4 aromatic rings. The van der Waals surface area contributed by atoms with E-state index in [4.69, 9.17) is 9.26 Å². The van der Waals surface area contributed by atoms with Gasteiger partial charge in [0, 0.05) is 18.8 Å². The van der Waals surface area contributed by atoms with Crippen molar-refractivity contribution in [3.05, 3.63) is 89.2 Å². The molecule has 4 rings (SSSR count). The van der Waals surface area contributed by atoms with E-state index in [1.54, 1.807) is 12.3 Å². The smallest absolute Gasteiger partial charge is 0.273 e. The largest absolute Gasteiger partial charge is 0.487 e. The van der Waals surface area contributed by atoms with Crippen molar-refractivity contribution in [1.82, 2.24) is 15.5 Å². The third-order valence-electron chi connectivity index (χ3n) is 4.00. The Morgan fingerprint density at radius 2 is 2.00 bits per heavy atom. The van der Waals surface area contributed by atoms with Crippen LogP contribution in [0.1, 0.15) is 21.7 Å². The highest BCUT2D eigenvalue weighted by Crippen LogP contribution is 2.25. The van der Waals surface area contributed by atoms with E-state index in [1.807, 2.05) is 60.0 Å². The zero-order valence-corrected chi connectivity index (χ0v) is 15.7. The number of benzene rings is 1. The highest BCUT2D eigenvalue weighted by atomic mass is 32.1. The molecule has 7 heteroatoms. The summed E-state index contributed by atoms with van der Waals surface area (Å²) < 4.78 is 10.9. The van der Waals surface area contributed by atoms with Gasteiger partial charge in [0.25, 0.3) is 5.91 Å². The molecule has 0 aliphatic rings. The van der Waals surface area contributed by atoms with Gasteiger partial charge in [0.15, 0.2) is 11.5 Å². The Morgan fingerprint density at radius 3 is 2.75 bits per heavy atom. The van der Waals surface area contributed by atoms with Crippen molar-refractivity contribution in [1.29, 1.82) is 0 Å². The van der Waals surface area contributed by atoms with Crippen LogP contribution < -0.4 is 10.1 Å². The molecule has 3 heterocycles. The van der Waals surface area contributed by atoms with Gasteiger partial charge in [-0.3, -0.25) is 9.78 Å². The Balaban J connectivity index is 1.29. The molecule has 3 aromatic heterocycles. The Morgan fingerprint density at radius 1 is 1.11 bits per heavy atom. The molecule has 0 unspecified atom stereocenters. The molecule has 0 aliphatic heterocycles. The molecule has 0 radical (unpaired) electrons. The first-order valence-corrected chi connectivity index (χ1v) is 9.56. The lowest BCUT2D eigenvalue weighted by Crippen LogP contribution is -2.22. The van der Waals surface area contributed by atoms with Gasteiger partial charge >= 0.3 is 0 Å². The van der Waals surface area contributed by atoms with Crippen LogP contribution in [0.25, 0.3) is 10.6 Å². The van der Waals surface area contributed by atoms with Gasteiger partial charge in [-0.25, -0.2) is 0 Å². The van der Waals surface area contributed by atoms with Crippen LogP contribution in [-0.4, -0.2) is 16.0 Å². The molecule has 6 nitrogen and oxygen atoms in total. The summed E-state index contributed by atoms with van der Waals surface area (Å²) in [6.45, 7) is 0.802. The Bertz CT molecular complexity index is 1030. The summed E-state index contributed by atoms with van der Waals surface area (Å²) in [4.78, 5) is 17.4. The molecular formula is C21H17N3O3S. The minimum atomic E-state index is -0.276. The van der Waals surface area contributed by atoms with Crippen LogP contribution in [0.2, 0.25) is 0 Å². The van der Waals surface area contributed by atoms with Crippen LogP contribution in [-0.2, 0) is 13.2 Å². The maximum absolute atomic E-state index is 12.3. The minimum absolute atomic E-state index is 0.263. The average Bonchev–Trinajstić information content (AvgIpc) is 3.44. The van der Waals surface area contributed by atoms with Crippen LogP contribution in [0.5, 0.6) is 5.75 Å². The topological polar surface area (TPSA) is 77.2 Å². The number of ether oxygens (including phenoxy) is 1. The van der Waals surface area contributed by atoms with Gasteiger partial charge in [-0.15, -0.1) is 11.3 Å². The maximum Gasteiger partial charge on any atom is 0.273 e. The van der Waals surface area contributed by atoms with Gasteiger partial charge in [0.05, 0.1) is 10.6 Å². The summed E-state index contributed by atoms with van der Waals surface area (Å²) in [7, 11) is 0. The molecule has 0 aliphatic carbocycles. The van der Waals surface area contributed by atoms with Crippen LogP contribution in [0.3, 0.4) is 0 Å². The van der Waals surface area contributed by atoms with Crippen LogP contribution >= 0.6 is 11.3 Å². The molecular weight excluding hydrogens is 374 g/mol. The van der Waals surface area contributed by atoms with E-state index in [0.717, 1.165) is 21.9 Å². The van der Waals surface area contributed by atoms with Gasteiger partial charge in [-0.2, -0.15) is 0 Å². The molecule has 0 spiro atoms. The van der Waals surface area contributed by atoms with Gasteiger partial charge in [-0.1, -0.05) is 29.4 Å². The number of hydrogen-bond donors (Lipinski definition) is 1. The zero-order chi connectivity index (χ0) is 19.2. The lowest BCUT2D eigenvalue weighted by Gasteiger charge is -2.07. The standard InChI is InChI=1S/C21H17N3O3S/c25-21(18-12-19(27-24-18)20-5-3-11-28-20)23-13-15-6-8-17(9-7-15)26-14-16-4-1-2-10-22-16/h1-12H,13-14H2,(H,23,25). The maximum atomic E-state index is 12.3. The fourth-order valence-electron chi connectivity index (χ4n) is 2.53. The van der Waals surface area contributed by atoms with Crippen molar-refractivity contribution >= 4 is 17.2 Å². The molecule has 1 aromatic carbocycles. The molecule has 0 saturated heterocycles. The fourth-order valence-corrected chi connectivity index (χ4v) is 3.21. The summed E-state index contributed by atoms with van der Waals surface area (Å²) in [5.74, 6) is 1.06. The van der Waals surface area contributed by atoms with E-state index in [2.05, 4.69) is 15.5 Å². The molecule has 1 amide bonds. The summed E-state index contributed by atoms with van der Waals surface area (Å²) >= 11 is 1.53. The predicted octanol–water partition coefficient (Wildman–Crippen LogP) is 4.31. The van der Waals surface area contributed by atoms with E-state index in [9.17, 15) is 4.79 Å². The molecule has 0 atom stereocenters. The first-order valence-electron chi connectivity index (χ1n) is 8.68. The molecule has 0 fully saturated rings. The summed E-state index contributed by atoms with van der Waals surface area (Å²) in [5.41, 5.74) is 2.09. The third-order valence-corrected chi connectivity index (χ3v) is 4.88. The number of rotatable bonds is 7. The van der Waals surface area contributed by atoms with E-state index in [-0.39, 0.29) is 11.6 Å². The lowest BCUT2D eigenvalue weighted by molar-refractivity contribution is 0.0942. The normalized spacial score (nSPS) is 10.6. The lowest BCUT2D eigenvalue weighted by atomic mass is 10.2. The first-order chi connectivity index (χ1) is 13.8. The number of nitrogens with one attached hydrogen (secondary N) is 1. The fraction of sp³-hybridized carbons (Fsp3) is 0.0952. The van der Waals surface area contributed by atoms with Crippen molar-refractivity contribution < 1.29 is 14.1 Å². The molecule has 0 saturated carbocycles. The molecule has 0 bridgehead atoms. The number of carbonyl (C=O) groups excluding carboxylic acids is 1. The van der Waals surface area contributed by atoms with Crippen molar-refractivity contribution in [2.24, 2.45) is 0 Å². The number of amides is 1. The summed E-state index contributed by atoms with van der Waals surface area (Å²) in [5, 5.41) is 8.63. The van der Waals surface area contributed by atoms with Crippen molar-refractivity contribution in [3.8, 4) is 16.4 Å². The molecule has 1 N–H and O–H groups in total. The summed E-state index contributed by atoms with van der Waals surface area (Å²) in [6.07, 6.45) is 1.74. The Labute approximate surface area is 165 Å². The SMILES string of the molecule is O=C(NCc1ccc(OCc2ccccn2)cc1)c1cc(-c2cccs2)on1. The zero-order valence-electron chi connectivity index (χ0n) is 14.9. The second-order valence-electron chi connectivity index (χ2n) is 5.99. The Hall–Kier alpha value is -3.45. The number of nitrogens with zero attached hydrogens (tertiary/aromatic N) is 2. The number of carbonyl (C=O) groups is 1. The van der Waals surface area contributed by atoms with Crippen molar-refractivity contribution in [3.63, 3.8) is 0 Å². The van der Waals surface area contributed by atoms with Crippen LogP contribution in [0.15, 0.2) is 76.8 Å². The number of thiophene rings is 1. The monoisotopic (exact) mass is 391 g/mol. The predicted molar refractivity (Wildman–Crippen MR) is 106 cm³/mol. The van der Waals surface area contributed by atoms with E-state index >= 15 is 0 Å². The highest BCUT2D eigenvalue weighted by molar-refractivity contribution is 7.13. The number of pyridine rings is 1. The minimum Gasteiger partial charge on any atom is -0.487 e. The van der Waals surface area contributed by atoms with Crippen LogP contribution in [0, 0.1) is 0 Å². The van der Waals surface area contributed by atoms with Gasteiger partial charge < -0.3 is 14.6 Å². The van der Waals surface area contributed by atoms with Crippen molar-refractivity contribution in [2.75, 3.05) is 0 Å². The van der Waals surface area contributed by atoms with Gasteiger partial charge in [0.1, 0.15) is 12.4 Å². The quantitative estimate of drug-likeness (QED) is 0.508. The third kappa shape index (κ3) is 4.44. The second kappa shape index (κ2) is 8.49. The average molecular weight is 391 g/mol. The van der Waals surface area contributed by atoms with Crippen molar-refractivity contribution in [2.45, 2.75) is 13.2 Å².